The van der Waals surface area contributed by atoms with Gasteiger partial charge in [-0.05, 0) is 51.3 Å². The van der Waals surface area contributed by atoms with E-state index in [1.54, 1.807) is 7.11 Å². The number of ether oxygens (including phenoxy) is 3. The van der Waals surface area contributed by atoms with E-state index in [9.17, 15) is 0 Å². The molecule has 3 rings (SSSR count). The topological polar surface area (TPSA) is 71.9 Å². The van der Waals surface area contributed by atoms with Gasteiger partial charge in [-0.15, -0.1) is 0 Å². The highest BCUT2D eigenvalue weighted by molar-refractivity contribution is 6.76. The van der Waals surface area contributed by atoms with Gasteiger partial charge in [0, 0.05) is 14.7 Å². The first-order valence-electron chi connectivity index (χ1n) is 10.3. The summed E-state index contributed by atoms with van der Waals surface area (Å²) in [5.74, 6) is 1.06. The highest BCUT2D eigenvalue weighted by Gasteiger charge is 2.51. The molecule has 1 saturated heterocycles. The lowest BCUT2D eigenvalue weighted by Crippen LogP contribution is -2.41. The molecular weight excluding hydrogens is 399 g/mol. The van der Waals surface area contributed by atoms with E-state index in [0.717, 1.165) is 16.9 Å². The van der Waals surface area contributed by atoms with Crippen molar-refractivity contribution in [1.29, 1.82) is 0 Å². The summed E-state index contributed by atoms with van der Waals surface area (Å²) in [6.07, 6.45) is 1.47. The lowest BCUT2D eigenvalue weighted by Gasteiger charge is -2.32. The van der Waals surface area contributed by atoms with Crippen molar-refractivity contribution >= 4 is 31.6 Å². The summed E-state index contributed by atoms with van der Waals surface area (Å²) >= 11 is 0. The number of aromatic nitrogens is 2. The van der Waals surface area contributed by atoms with Gasteiger partial charge in [0.05, 0.1) is 23.7 Å². The lowest BCUT2D eigenvalue weighted by molar-refractivity contribution is 0.00578. The number of hydrogen-bond acceptors (Lipinski definition) is 7. The number of nitrogens with zero attached hydrogens (tertiary/aromatic N) is 2. The standard InChI is InChI=1S/C21H33BN2O5Si/c1-20(2)21(3,4)29-22(28-20)15-11-16-18(17(12-15)25-5)23-13-24-19(16)27-14-26-9-10-30(6,7)8/h11-13H,9-10,14H2,1-8H3. The molecule has 1 fully saturated rings. The van der Waals surface area contributed by atoms with Crippen LogP contribution in [-0.2, 0) is 14.0 Å². The number of fused-ring (bicyclic) bond motifs is 1. The molecule has 1 aromatic heterocycles. The second-order valence-electron chi connectivity index (χ2n) is 9.87. The summed E-state index contributed by atoms with van der Waals surface area (Å²) in [4.78, 5) is 8.69. The van der Waals surface area contributed by atoms with Crippen molar-refractivity contribution in [2.45, 2.75) is 64.6 Å². The van der Waals surface area contributed by atoms with Gasteiger partial charge in [-0.25, -0.2) is 9.97 Å². The van der Waals surface area contributed by atoms with Crippen molar-refractivity contribution < 1.29 is 23.5 Å². The average molecular weight is 432 g/mol. The Morgan fingerprint density at radius 2 is 1.70 bits per heavy atom. The van der Waals surface area contributed by atoms with Crippen LogP contribution in [0.4, 0.5) is 0 Å². The zero-order valence-corrected chi connectivity index (χ0v) is 20.4. The molecular formula is C21H33BN2O5Si. The summed E-state index contributed by atoms with van der Waals surface area (Å²) in [6, 6.07) is 4.92. The third-order valence-electron chi connectivity index (χ3n) is 5.71. The number of methoxy groups -OCH3 is 1. The fourth-order valence-corrected chi connectivity index (χ4v) is 3.81. The molecule has 0 bridgehead atoms. The molecule has 0 atom stereocenters. The Labute approximate surface area is 180 Å². The van der Waals surface area contributed by atoms with E-state index < -0.39 is 26.4 Å². The molecule has 7 nitrogen and oxygen atoms in total. The third kappa shape index (κ3) is 4.96. The fraction of sp³-hybridized carbons (Fsp3) is 0.619. The minimum absolute atomic E-state index is 0.139. The molecule has 0 spiro atoms. The summed E-state index contributed by atoms with van der Waals surface area (Å²) in [7, 11) is -0.0425. The molecule has 0 amide bonds. The highest BCUT2D eigenvalue weighted by Crippen LogP contribution is 2.37. The molecule has 2 heterocycles. The van der Waals surface area contributed by atoms with Gasteiger partial charge in [0.25, 0.3) is 0 Å². The predicted octanol–water partition coefficient (Wildman–Crippen LogP) is 3.63. The van der Waals surface area contributed by atoms with Crippen LogP contribution in [0.15, 0.2) is 18.5 Å². The Bertz CT molecular complexity index is 885. The van der Waals surface area contributed by atoms with Crippen LogP contribution < -0.4 is 14.9 Å². The lowest BCUT2D eigenvalue weighted by atomic mass is 9.78. The van der Waals surface area contributed by atoms with E-state index in [1.807, 2.05) is 39.8 Å². The highest BCUT2D eigenvalue weighted by atomic mass is 28.3. The van der Waals surface area contributed by atoms with Gasteiger partial charge >= 0.3 is 7.12 Å². The van der Waals surface area contributed by atoms with Gasteiger partial charge in [-0.1, -0.05) is 19.6 Å². The van der Waals surface area contributed by atoms with Crippen LogP contribution in [0.2, 0.25) is 25.7 Å². The Balaban J connectivity index is 1.85. The van der Waals surface area contributed by atoms with Gasteiger partial charge in [0.1, 0.15) is 17.6 Å². The maximum atomic E-state index is 6.20. The Morgan fingerprint density at radius 1 is 1.03 bits per heavy atom. The van der Waals surface area contributed by atoms with Crippen LogP contribution in [0.25, 0.3) is 10.9 Å². The molecule has 164 valence electrons. The molecule has 0 radical (unpaired) electrons. The SMILES string of the molecule is COc1cc(B2OC(C)(C)C(C)(C)O2)cc2c(OCOCC[Si](C)(C)C)ncnc12. The molecule has 2 aromatic rings. The largest absolute Gasteiger partial charge is 0.494 e. The average Bonchev–Trinajstić information content (AvgIpc) is 2.87. The van der Waals surface area contributed by atoms with Crippen molar-refractivity contribution in [1.82, 2.24) is 9.97 Å². The smallest absolute Gasteiger partial charge is 0.494 e. The van der Waals surface area contributed by atoms with E-state index in [1.165, 1.54) is 6.33 Å². The summed E-state index contributed by atoms with van der Waals surface area (Å²) in [5.41, 5.74) is 0.634. The maximum Gasteiger partial charge on any atom is 0.494 e. The summed E-state index contributed by atoms with van der Waals surface area (Å²) in [6.45, 7) is 15.9. The van der Waals surface area contributed by atoms with Crippen LogP contribution >= 0.6 is 0 Å². The van der Waals surface area contributed by atoms with Crippen molar-refractivity contribution in [3.05, 3.63) is 18.5 Å². The van der Waals surface area contributed by atoms with E-state index in [0.29, 0.717) is 23.8 Å². The first-order valence-corrected chi connectivity index (χ1v) is 14.0. The van der Waals surface area contributed by atoms with E-state index in [-0.39, 0.29) is 6.79 Å². The molecule has 0 aliphatic carbocycles. The third-order valence-corrected chi connectivity index (χ3v) is 7.41. The van der Waals surface area contributed by atoms with E-state index in [2.05, 4.69) is 29.6 Å². The summed E-state index contributed by atoms with van der Waals surface area (Å²) in [5, 5.41) is 0.732. The van der Waals surface area contributed by atoms with Gasteiger partial charge < -0.3 is 23.5 Å². The molecule has 0 unspecified atom stereocenters. The zero-order valence-electron chi connectivity index (χ0n) is 19.4. The van der Waals surface area contributed by atoms with Crippen molar-refractivity contribution in [2.24, 2.45) is 0 Å². The molecule has 30 heavy (non-hydrogen) atoms. The molecule has 1 aliphatic rings. The van der Waals surface area contributed by atoms with Gasteiger partial charge in [0.15, 0.2) is 6.79 Å². The van der Waals surface area contributed by atoms with Crippen LogP contribution in [0.5, 0.6) is 11.6 Å². The molecule has 1 aromatic carbocycles. The maximum absolute atomic E-state index is 6.20. The van der Waals surface area contributed by atoms with Crippen LogP contribution in [0.1, 0.15) is 27.7 Å². The van der Waals surface area contributed by atoms with Gasteiger partial charge in [-0.2, -0.15) is 0 Å². The second-order valence-corrected chi connectivity index (χ2v) is 15.5. The minimum atomic E-state index is -1.14. The minimum Gasteiger partial charge on any atom is -0.494 e. The Morgan fingerprint density at radius 3 is 2.30 bits per heavy atom. The summed E-state index contributed by atoms with van der Waals surface area (Å²) < 4.78 is 29.5. The second kappa shape index (κ2) is 8.45. The Hall–Kier alpha value is -1.68. The number of rotatable bonds is 8. The molecule has 0 saturated carbocycles. The van der Waals surface area contributed by atoms with Crippen LogP contribution in [0, 0.1) is 0 Å². The quantitative estimate of drug-likeness (QED) is 0.358. The normalized spacial score (nSPS) is 18.1. The fourth-order valence-electron chi connectivity index (χ4n) is 3.05. The Kier molecular flexibility index (Phi) is 6.48. The van der Waals surface area contributed by atoms with Gasteiger partial charge in [-0.3, -0.25) is 0 Å². The molecule has 1 aliphatic heterocycles. The van der Waals surface area contributed by atoms with E-state index >= 15 is 0 Å². The first kappa shape index (κ1) is 23.0. The first-order chi connectivity index (χ1) is 13.9. The van der Waals surface area contributed by atoms with E-state index in [4.69, 9.17) is 23.5 Å². The van der Waals surface area contributed by atoms with Gasteiger partial charge in [0.2, 0.25) is 5.88 Å². The van der Waals surface area contributed by atoms with Crippen molar-refractivity contribution in [3.63, 3.8) is 0 Å². The number of benzene rings is 1. The van der Waals surface area contributed by atoms with Crippen molar-refractivity contribution in [2.75, 3.05) is 20.5 Å². The number of hydrogen-bond donors (Lipinski definition) is 0. The monoisotopic (exact) mass is 432 g/mol. The van der Waals surface area contributed by atoms with Crippen molar-refractivity contribution in [3.8, 4) is 11.6 Å². The zero-order chi connectivity index (χ0) is 22.2. The van der Waals surface area contributed by atoms with Crippen LogP contribution in [0.3, 0.4) is 0 Å². The molecule has 0 N–H and O–H groups in total. The molecule has 9 heteroatoms. The predicted molar refractivity (Wildman–Crippen MR) is 121 cm³/mol. The van der Waals surface area contributed by atoms with Crippen LogP contribution in [-0.4, -0.2) is 56.9 Å².